The quantitative estimate of drug-likeness (QED) is 0.769. The second-order valence-corrected chi connectivity index (χ2v) is 3.50. The summed E-state index contributed by atoms with van der Waals surface area (Å²) in [5.74, 6) is 0.696. The van der Waals surface area contributed by atoms with Gasteiger partial charge in [-0.25, -0.2) is 4.98 Å². The Morgan fingerprint density at radius 1 is 1.70 bits per heavy atom. The number of methoxy groups -OCH3 is 1. The van der Waals surface area contributed by atoms with Crippen LogP contribution in [0.5, 0.6) is 5.88 Å². The molecular weight excluding hydrogens is 261 g/mol. The van der Waals surface area contributed by atoms with Crippen molar-refractivity contribution in [2.45, 2.75) is 4.90 Å². The number of pyridine rings is 1. The van der Waals surface area contributed by atoms with Crippen molar-refractivity contribution in [3.8, 4) is 5.88 Å². The molecule has 0 atom stereocenters. The predicted molar refractivity (Wildman–Crippen MR) is 50.7 cm³/mol. The molecule has 0 radical (unpaired) electrons. The lowest BCUT2D eigenvalue weighted by Gasteiger charge is -2.00. The maximum Gasteiger partial charge on any atom is 0.227 e. The normalized spacial score (nSPS) is 9.40. The van der Waals surface area contributed by atoms with E-state index in [9.17, 15) is 0 Å². The fourth-order valence-corrected chi connectivity index (χ4v) is 1.93. The van der Waals surface area contributed by atoms with E-state index in [4.69, 9.17) is 4.74 Å². The molecule has 2 nitrogen and oxygen atoms in total. The molecule has 0 aromatic carbocycles. The van der Waals surface area contributed by atoms with Crippen molar-refractivity contribution < 1.29 is 4.74 Å². The molecule has 0 bridgehead atoms. The molecule has 0 unspecified atom stereocenters. The van der Waals surface area contributed by atoms with Gasteiger partial charge in [0, 0.05) is 27.4 Å². The first-order valence-corrected chi connectivity index (χ1v) is 6.02. The highest BCUT2D eigenvalue weighted by atomic mass is 127. The van der Waals surface area contributed by atoms with E-state index in [1.54, 1.807) is 22.2 Å². The molecule has 0 saturated carbocycles. The molecule has 4 heteroatoms. The van der Waals surface area contributed by atoms with Crippen LogP contribution in [0, 0.1) is 0 Å². The molecule has 0 N–H and O–H groups in total. The molecule has 0 amide bonds. The minimum atomic E-state index is 0.696. The summed E-state index contributed by atoms with van der Waals surface area (Å²) in [5, 5.41) is 0. The molecule has 1 heterocycles. The summed E-state index contributed by atoms with van der Waals surface area (Å²) < 4.78 is 5.00. The fraction of sp³-hybridized carbons (Fsp3) is 0.167. The summed E-state index contributed by atoms with van der Waals surface area (Å²) >= 11 is 2.20. The summed E-state index contributed by atoms with van der Waals surface area (Å²) in [6, 6.07) is 3.87. The maximum absolute atomic E-state index is 5.00. The van der Waals surface area contributed by atoms with Crippen LogP contribution in [-0.2, 0) is 0 Å². The summed E-state index contributed by atoms with van der Waals surface area (Å²) in [6.07, 6.45) is 1.72. The number of hydrogen-bond donors (Lipinski definition) is 0. The topological polar surface area (TPSA) is 22.1 Å². The summed E-state index contributed by atoms with van der Waals surface area (Å²) in [4.78, 5) is 5.08. The van der Waals surface area contributed by atoms with Crippen LogP contribution in [0.2, 0.25) is 0 Å². The molecule has 0 aliphatic rings. The molecule has 0 saturated heterocycles. The second-order valence-electron chi connectivity index (χ2n) is 1.59. The van der Waals surface area contributed by atoms with E-state index in [2.05, 4.69) is 26.2 Å². The average molecular weight is 267 g/mol. The van der Waals surface area contributed by atoms with Crippen molar-refractivity contribution >= 4 is 30.1 Å². The first-order chi connectivity index (χ1) is 4.88. The van der Waals surface area contributed by atoms with Gasteiger partial charge in [0.2, 0.25) is 5.88 Å². The number of halogens is 1. The Kier molecular flexibility index (Phi) is 3.27. The zero-order valence-electron chi connectivity index (χ0n) is 5.37. The third-order valence-corrected chi connectivity index (χ3v) is 2.91. The van der Waals surface area contributed by atoms with Crippen LogP contribution in [-0.4, -0.2) is 12.1 Å². The van der Waals surface area contributed by atoms with Gasteiger partial charge in [0.25, 0.3) is 0 Å². The highest BCUT2D eigenvalue weighted by Gasteiger charge is 1.99. The van der Waals surface area contributed by atoms with Crippen molar-refractivity contribution in [1.82, 2.24) is 4.98 Å². The molecule has 1 aromatic heterocycles. The van der Waals surface area contributed by atoms with Crippen LogP contribution in [0.3, 0.4) is 0 Å². The van der Waals surface area contributed by atoms with Crippen LogP contribution >= 0.6 is 30.1 Å². The maximum atomic E-state index is 5.00. The van der Waals surface area contributed by atoms with Gasteiger partial charge >= 0.3 is 0 Å². The lowest BCUT2D eigenvalue weighted by molar-refractivity contribution is 0.387. The standard InChI is InChI=1S/C6H6INOS/c1-9-6-5(10-7)3-2-4-8-6/h2-4H,1H3. The number of aromatic nitrogens is 1. The number of ether oxygens (including phenoxy) is 1. The highest BCUT2D eigenvalue weighted by Crippen LogP contribution is 2.31. The largest absolute Gasteiger partial charge is 0.480 e. The van der Waals surface area contributed by atoms with E-state index in [1.807, 2.05) is 12.1 Å². The molecule has 54 valence electrons. The molecule has 0 spiro atoms. The Morgan fingerprint density at radius 2 is 2.50 bits per heavy atom. The number of rotatable bonds is 2. The van der Waals surface area contributed by atoms with Gasteiger partial charge < -0.3 is 4.74 Å². The molecule has 1 rings (SSSR count). The molecule has 0 fully saturated rings. The monoisotopic (exact) mass is 267 g/mol. The highest BCUT2D eigenvalue weighted by molar-refractivity contribution is 14.2. The van der Waals surface area contributed by atoms with E-state index < -0.39 is 0 Å². The molecule has 0 aliphatic heterocycles. The summed E-state index contributed by atoms with van der Waals surface area (Å²) in [5.41, 5.74) is 0. The number of nitrogens with zero attached hydrogens (tertiary/aromatic N) is 1. The van der Waals surface area contributed by atoms with E-state index >= 15 is 0 Å². The Balaban J connectivity index is 2.96. The van der Waals surface area contributed by atoms with E-state index in [0.29, 0.717) is 5.88 Å². The molecule has 0 aliphatic carbocycles. The molecule has 1 aromatic rings. The average Bonchev–Trinajstić information content (AvgIpc) is 2.04. The number of hydrogen-bond acceptors (Lipinski definition) is 3. The van der Waals surface area contributed by atoms with E-state index in [0.717, 1.165) is 4.90 Å². The van der Waals surface area contributed by atoms with Crippen molar-refractivity contribution in [3.63, 3.8) is 0 Å². The van der Waals surface area contributed by atoms with Gasteiger partial charge in [-0.1, -0.05) is 0 Å². The van der Waals surface area contributed by atoms with Gasteiger partial charge in [0.1, 0.15) is 0 Å². The Labute approximate surface area is 76.0 Å². The molecule has 10 heavy (non-hydrogen) atoms. The van der Waals surface area contributed by atoms with Crippen molar-refractivity contribution in [3.05, 3.63) is 18.3 Å². The third kappa shape index (κ3) is 1.76. The van der Waals surface area contributed by atoms with Gasteiger partial charge in [-0.15, -0.1) is 0 Å². The van der Waals surface area contributed by atoms with E-state index in [-0.39, 0.29) is 0 Å². The Hall–Kier alpha value is 0.0300. The zero-order valence-corrected chi connectivity index (χ0v) is 8.35. The first kappa shape index (κ1) is 8.13. The van der Waals surface area contributed by atoms with Crippen molar-refractivity contribution in [1.29, 1.82) is 0 Å². The van der Waals surface area contributed by atoms with Crippen LogP contribution in [0.1, 0.15) is 0 Å². The van der Waals surface area contributed by atoms with Gasteiger partial charge in [0.05, 0.1) is 12.0 Å². The smallest absolute Gasteiger partial charge is 0.227 e. The van der Waals surface area contributed by atoms with Gasteiger partial charge in [-0.2, -0.15) is 0 Å². The lowest BCUT2D eigenvalue weighted by Crippen LogP contribution is -1.87. The van der Waals surface area contributed by atoms with Crippen LogP contribution in [0.15, 0.2) is 23.2 Å². The van der Waals surface area contributed by atoms with Gasteiger partial charge in [0.15, 0.2) is 0 Å². The third-order valence-electron chi connectivity index (χ3n) is 1.01. The first-order valence-electron chi connectivity index (χ1n) is 2.66. The Bertz CT molecular complexity index is 196. The molecular formula is C6H6INOS. The zero-order chi connectivity index (χ0) is 7.40. The second kappa shape index (κ2) is 4.02. The van der Waals surface area contributed by atoms with Crippen molar-refractivity contribution in [2.75, 3.05) is 7.11 Å². The van der Waals surface area contributed by atoms with Crippen LogP contribution in [0.4, 0.5) is 0 Å². The minimum absolute atomic E-state index is 0.696. The SMILES string of the molecule is COc1ncccc1SI. The van der Waals surface area contributed by atoms with Crippen LogP contribution < -0.4 is 4.74 Å². The lowest BCUT2D eigenvalue weighted by atomic mass is 10.5. The minimum Gasteiger partial charge on any atom is -0.480 e. The van der Waals surface area contributed by atoms with E-state index in [1.165, 1.54) is 0 Å². The summed E-state index contributed by atoms with van der Waals surface area (Å²) in [6.45, 7) is 0. The van der Waals surface area contributed by atoms with Crippen LogP contribution in [0.25, 0.3) is 0 Å². The Morgan fingerprint density at radius 3 is 3.00 bits per heavy atom. The summed E-state index contributed by atoms with van der Waals surface area (Å²) in [7, 11) is 3.23. The van der Waals surface area contributed by atoms with Gasteiger partial charge in [-0.3, -0.25) is 0 Å². The van der Waals surface area contributed by atoms with Gasteiger partial charge in [-0.05, 0) is 21.1 Å². The fourth-order valence-electron chi connectivity index (χ4n) is 0.588. The predicted octanol–water partition coefficient (Wildman–Crippen LogP) is 2.53. The van der Waals surface area contributed by atoms with Crippen molar-refractivity contribution in [2.24, 2.45) is 0 Å².